The first-order chi connectivity index (χ1) is 11.2. The van der Waals surface area contributed by atoms with Gasteiger partial charge in [0.05, 0.1) is 12.6 Å². The van der Waals surface area contributed by atoms with Crippen LogP contribution in [0.3, 0.4) is 0 Å². The molecule has 0 radical (unpaired) electrons. The molecule has 0 aliphatic carbocycles. The second-order valence-corrected chi connectivity index (χ2v) is 5.58. The molecule has 134 valence electrons. The summed E-state index contributed by atoms with van der Waals surface area (Å²) in [5.74, 6) is -1.70. The number of hydrogen-bond acceptors (Lipinski definition) is 4. The molecule has 1 rings (SSSR count). The van der Waals surface area contributed by atoms with Gasteiger partial charge in [0.1, 0.15) is 13.2 Å². The highest BCUT2D eigenvalue weighted by molar-refractivity contribution is 5.85. The van der Waals surface area contributed by atoms with Crippen LogP contribution in [0, 0.1) is 5.92 Å². The Balaban J connectivity index is 2.39. The summed E-state index contributed by atoms with van der Waals surface area (Å²) in [6, 6.07) is 7.93. The molecule has 0 heterocycles. The van der Waals surface area contributed by atoms with Gasteiger partial charge in [0, 0.05) is 0 Å². The summed E-state index contributed by atoms with van der Waals surface area (Å²) in [6.07, 6.45) is -4.41. The van der Waals surface area contributed by atoms with Crippen molar-refractivity contribution in [3.05, 3.63) is 35.9 Å². The Morgan fingerprint density at radius 1 is 1.17 bits per heavy atom. The standard InChI is InChI=1S/C16H21F3N2O3/c1-11(2)14(21-10-16(17,18)19)15(23)20-8-13(22)24-9-12-6-4-3-5-7-12/h3-7,11,14,21H,8-10H2,1-2H3,(H,20,23)/t14-/m0/s1. The number of nitrogens with one attached hydrogen (secondary N) is 2. The fourth-order valence-electron chi connectivity index (χ4n) is 1.92. The number of alkyl halides is 3. The number of carbonyl (C=O) groups is 2. The molecule has 24 heavy (non-hydrogen) atoms. The molecule has 1 aromatic carbocycles. The number of rotatable bonds is 8. The molecule has 8 heteroatoms. The zero-order valence-corrected chi connectivity index (χ0v) is 13.5. The maximum atomic E-state index is 12.3. The van der Waals surface area contributed by atoms with Gasteiger partial charge in [0.2, 0.25) is 5.91 Å². The lowest BCUT2D eigenvalue weighted by molar-refractivity contribution is -0.146. The lowest BCUT2D eigenvalue weighted by Crippen LogP contribution is -2.51. The molecule has 0 aromatic heterocycles. The summed E-state index contributed by atoms with van der Waals surface area (Å²) >= 11 is 0. The van der Waals surface area contributed by atoms with Gasteiger partial charge in [-0.3, -0.25) is 14.9 Å². The SMILES string of the molecule is CC(C)[C@H](NCC(F)(F)F)C(=O)NCC(=O)OCc1ccccc1. The topological polar surface area (TPSA) is 67.4 Å². The first-order valence-corrected chi connectivity index (χ1v) is 7.46. The van der Waals surface area contributed by atoms with Crippen LogP contribution in [0.1, 0.15) is 19.4 Å². The van der Waals surface area contributed by atoms with Crippen LogP contribution in [-0.2, 0) is 20.9 Å². The molecule has 0 aliphatic heterocycles. The summed E-state index contributed by atoms with van der Waals surface area (Å²) in [5.41, 5.74) is 0.795. The number of hydrogen-bond donors (Lipinski definition) is 2. The van der Waals surface area contributed by atoms with Gasteiger partial charge >= 0.3 is 12.1 Å². The molecule has 2 N–H and O–H groups in total. The largest absolute Gasteiger partial charge is 0.460 e. The van der Waals surface area contributed by atoms with Gasteiger partial charge in [0.25, 0.3) is 0 Å². The molecule has 0 saturated carbocycles. The van der Waals surface area contributed by atoms with Gasteiger partial charge in [0.15, 0.2) is 0 Å². The summed E-state index contributed by atoms with van der Waals surface area (Å²) < 4.78 is 41.7. The average molecular weight is 346 g/mol. The Hall–Kier alpha value is -2.09. The Bertz CT molecular complexity index is 533. The number of carbonyl (C=O) groups excluding carboxylic acids is 2. The third kappa shape index (κ3) is 7.96. The van der Waals surface area contributed by atoms with E-state index in [1.54, 1.807) is 38.1 Å². The fourth-order valence-corrected chi connectivity index (χ4v) is 1.92. The molecule has 1 aromatic rings. The Labute approximate surface area is 138 Å². The van der Waals surface area contributed by atoms with Crippen molar-refractivity contribution >= 4 is 11.9 Å². The number of esters is 1. The van der Waals surface area contributed by atoms with Crippen LogP contribution in [0.15, 0.2) is 30.3 Å². The minimum Gasteiger partial charge on any atom is -0.460 e. The minimum absolute atomic E-state index is 0.0650. The number of ether oxygens (including phenoxy) is 1. The van der Waals surface area contributed by atoms with Gasteiger partial charge in [-0.15, -0.1) is 0 Å². The molecule has 0 aliphatic rings. The highest BCUT2D eigenvalue weighted by atomic mass is 19.4. The van der Waals surface area contributed by atoms with Crippen LogP contribution in [0.2, 0.25) is 0 Å². The van der Waals surface area contributed by atoms with Gasteiger partial charge in [-0.05, 0) is 11.5 Å². The first kappa shape index (κ1) is 20.0. The van der Waals surface area contributed by atoms with E-state index in [4.69, 9.17) is 4.74 Å². The number of amides is 1. The van der Waals surface area contributed by atoms with Crippen LogP contribution in [0.5, 0.6) is 0 Å². The van der Waals surface area contributed by atoms with Crippen LogP contribution >= 0.6 is 0 Å². The van der Waals surface area contributed by atoms with Crippen LogP contribution in [-0.4, -0.2) is 37.2 Å². The van der Waals surface area contributed by atoms with E-state index in [2.05, 4.69) is 10.6 Å². The molecular weight excluding hydrogens is 325 g/mol. The normalized spacial score (nSPS) is 12.8. The van der Waals surface area contributed by atoms with Crippen molar-refractivity contribution < 1.29 is 27.5 Å². The number of halogens is 3. The third-order valence-electron chi connectivity index (χ3n) is 3.12. The molecule has 1 amide bonds. The molecule has 0 spiro atoms. The van der Waals surface area contributed by atoms with E-state index >= 15 is 0 Å². The van der Waals surface area contributed by atoms with Gasteiger partial charge in [-0.25, -0.2) is 0 Å². The summed E-state index contributed by atoms with van der Waals surface area (Å²) in [6.45, 7) is 1.61. The monoisotopic (exact) mass is 346 g/mol. The Morgan fingerprint density at radius 3 is 2.33 bits per heavy atom. The van der Waals surface area contributed by atoms with Crippen molar-refractivity contribution in [1.29, 1.82) is 0 Å². The predicted octanol–water partition coefficient (Wildman–Crippen LogP) is 2.02. The lowest BCUT2D eigenvalue weighted by atomic mass is 10.0. The van der Waals surface area contributed by atoms with Gasteiger partial charge < -0.3 is 10.1 Å². The van der Waals surface area contributed by atoms with E-state index < -0.39 is 37.2 Å². The van der Waals surface area contributed by atoms with Gasteiger partial charge in [-0.1, -0.05) is 44.2 Å². The first-order valence-electron chi connectivity index (χ1n) is 7.46. The zero-order chi connectivity index (χ0) is 18.2. The zero-order valence-electron chi connectivity index (χ0n) is 13.5. The highest BCUT2D eigenvalue weighted by Crippen LogP contribution is 2.14. The molecule has 5 nitrogen and oxygen atoms in total. The third-order valence-corrected chi connectivity index (χ3v) is 3.12. The van der Waals surface area contributed by atoms with E-state index in [1.165, 1.54) is 0 Å². The highest BCUT2D eigenvalue weighted by Gasteiger charge is 2.31. The second-order valence-electron chi connectivity index (χ2n) is 5.58. The van der Waals surface area contributed by atoms with Crippen LogP contribution in [0.25, 0.3) is 0 Å². The maximum absolute atomic E-state index is 12.3. The summed E-state index contributed by atoms with van der Waals surface area (Å²) in [5, 5.41) is 4.44. The van der Waals surface area contributed by atoms with Crippen molar-refractivity contribution in [3.63, 3.8) is 0 Å². The summed E-state index contributed by atoms with van der Waals surface area (Å²) in [4.78, 5) is 23.5. The van der Waals surface area contributed by atoms with E-state index in [0.717, 1.165) is 5.56 Å². The average Bonchev–Trinajstić information content (AvgIpc) is 2.50. The fraction of sp³-hybridized carbons (Fsp3) is 0.500. The maximum Gasteiger partial charge on any atom is 0.401 e. The van der Waals surface area contributed by atoms with Crippen LogP contribution in [0.4, 0.5) is 13.2 Å². The molecule has 0 unspecified atom stereocenters. The van der Waals surface area contributed by atoms with Crippen molar-refractivity contribution in [2.24, 2.45) is 5.92 Å². The minimum atomic E-state index is -4.41. The molecule has 0 saturated heterocycles. The van der Waals surface area contributed by atoms with E-state index in [-0.39, 0.29) is 12.5 Å². The molecule has 0 fully saturated rings. The molecular formula is C16H21F3N2O3. The van der Waals surface area contributed by atoms with E-state index in [1.807, 2.05) is 6.07 Å². The van der Waals surface area contributed by atoms with Crippen LogP contribution < -0.4 is 10.6 Å². The predicted molar refractivity (Wildman–Crippen MR) is 81.9 cm³/mol. The summed E-state index contributed by atoms with van der Waals surface area (Å²) in [7, 11) is 0. The van der Waals surface area contributed by atoms with E-state index in [9.17, 15) is 22.8 Å². The van der Waals surface area contributed by atoms with Crippen molar-refractivity contribution in [2.75, 3.05) is 13.1 Å². The molecule has 1 atom stereocenters. The van der Waals surface area contributed by atoms with Crippen molar-refractivity contribution in [3.8, 4) is 0 Å². The smallest absolute Gasteiger partial charge is 0.401 e. The van der Waals surface area contributed by atoms with Crippen molar-refractivity contribution in [2.45, 2.75) is 32.7 Å². The number of benzene rings is 1. The van der Waals surface area contributed by atoms with E-state index in [0.29, 0.717) is 0 Å². The lowest BCUT2D eigenvalue weighted by Gasteiger charge is -2.22. The Kier molecular flexibility index (Phi) is 7.70. The van der Waals surface area contributed by atoms with Gasteiger partial charge in [-0.2, -0.15) is 13.2 Å². The Morgan fingerprint density at radius 2 is 1.79 bits per heavy atom. The van der Waals surface area contributed by atoms with Crippen molar-refractivity contribution in [1.82, 2.24) is 10.6 Å². The quantitative estimate of drug-likeness (QED) is 0.707. The second kappa shape index (κ2) is 9.27. The molecule has 0 bridgehead atoms.